The number of nitrogens with one attached hydrogen (secondary N) is 1. The second-order valence-corrected chi connectivity index (χ2v) is 8.04. The van der Waals surface area contributed by atoms with E-state index in [-0.39, 0.29) is 10.8 Å². The van der Waals surface area contributed by atoms with Gasteiger partial charge in [-0.3, -0.25) is 4.79 Å². The first-order valence-electron chi connectivity index (χ1n) is 8.29. The molecule has 1 aromatic carbocycles. The number of piperidine rings is 1. The first kappa shape index (κ1) is 17.6. The maximum absolute atomic E-state index is 12.9. The van der Waals surface area contributed by atoms with Crippen LogP contribution in [-0.4, -0.2) is 36.2 Å². The van der Waals surface area contributed by atoms with Crippen molar-refractivity contribution in [2.24, 2.45) is 0 Å². The highest BCUT2D eigenvalue weighted by atomic mass is 32.2. The Morgan fingerprint density at radius 3 is 2.60 bits per heavy atom. The number of aryl methyl sites for hydroxylation is 1. The van der Waals surface area contributed by atoms with E-state index in [1.54, 1.807) is 42.6 Å². The lowest BCUT2D eigenvalue weighted by atomic mass is 10.0. The van der Waals surface area contributed by atoms with E-state index < -0.39 is 16.1 Å². The van der Waals surface area contributed by atoms with Gasteiger partial charge in [0, 0.05) is 12.7 Å². The lowest BCUT2D eigenvalue weighted by molar-refractivity contribution is -0.120. The van der Waals surface area contributed by atoms with E-state index >= 15 is 0 Å². The van der Waals surface area contributed by atoms with Crippen molar-refractivity contribution in [3.8, 4) is 0 Å². The molecular weight excluding hydrogens is 338 g/mol. The van der Waals surface area contributed by atoms with Crippen LogP contribution in [0, 0.1) is 6.92 Å². The lowest BCUT2D eigenvalue weighted by Gasteiger charge is -2.33. The summed E-state index contributed by atoms with van der Waals surface area (Å²) in [6.45, 7) is 2.25. The Morgan fingerprint density at radius 1 is 1.16 bits per heavy atom. The minimum absolute atomic E-state index is 0.211. The third-order valence-electron chi connectivity index (χ3n) is 4.27. The summed E-state index contributed by atoms with van der Waals surface area (Å²) in [7, 11) is -3.70. The van der Waals surface area contributed by atoms with Crippen LogP contribution in [0.2, 0.25) is 0 Å². The second kappa shape index (κ2) is 7.33. The first-order valence-corrected chi connectivity index (χ1v) is 9.73. The molecule has 0 radical (unpaired) electrons. The van der Waals surface area contributed by atoms with E-state index in [1.165, 1.54) is 4.31 Å². The Labute approximate surface area is 147 Å². The monoisotopic (exact) mass is 359 g/mol. The van der Waals surface area contributed by atoms with Crippen LogP contribution in [0.15, 0.2) is 53.6 Å². The van der Waals surface area contributed by atoms with Gasteiger partial charge in [-0.05, 0) is 43.5 Å². The number of nitrogens with zero attached hydrogens (tertiary/aromatic N) is 2. The molecule has 0 aliphatic carbocycles. The van der Waals surface area contributed by atoms with Gasteiger partial charge in [0.2, 0.25) is 15.9 Å². The van der Waals surface area contributed by atoms with Crippen molar-refractivity contribution in [1.29, 1.82) is 0 Å². The molecule has 1 fully saturated rings. The standard InChI is InChI=1S/C18H21N3O3S/c1-14-10-11-17(19-13-14)20-18(22)16-9-5-6-12-21(16)25(23,24)15-7-3-2-4-8-15/h2-4,7-8,10-11,13,16H,5-6,9,12H2,1H3,(H,19,20,22). The van der Waals surface area contributed by atoms with E-state index in [4.69, 9.17) is 0 Å². The van der Waals surface area contributed by atoms with Crippen molar-refractivity contribution in [2.45, 2.75) is 37.1 Å². The van der Waals surface area contributed by atoms with Gasteiger partial charge in [0.15, 0.2) is 0 Å². The van der Waals surface area contributed by atoms with Crippen LogP contribution in [0.5, 0.6) is 0 Å². The average molecular weight is 359 g/mol. The molecule has 132 valence electrons. The Kier molecular flexibility index (Phi) is 5.15. The molecule has 1 amide bonds. The summed E-state index contributed by atoms with van der Waals surface area (Å²) < 4.78 is 27.2. The summed E-state index contributed by atoms with van der Waals surface area (Å²) in [4.78, 5) is 17.1. The number of aromatic nitrogens is 1. The van der Waals surface area contributed by atoms with Crippen LogP contribution >= 0.6 is 0 Å². The first-order chi connectivity index (χ1) is 12.0. The van der Waals surface area contributed by atoms with Gasteiger partial charge in [-0.25, -0.2) is 13.4 Å². The zero-order valence-electron chi connectivity index (χ0n) is 14.1. The van der Waals surface area contributed by atoms with Crippen molar-refractivity contribution < 1.29 is 13.2 Å². The third-order valence-corrected chi connectivity index (χ3v) is 6.19. The summed E-state index contributed by atoms with van der Waals surface area (Å²) >= 11 is 0. The van der Waals surface area contributed by atoms with Crippen molar-refractivity contribution >= 4 is 21.7 Å². The highest BCUT2D eigenvalue weighted by Gasteiger charge is 2.37. The molecule has 1 N–H and O–H groups in total. The predicted molar refractivity (Wildman–Crippen MR) is 95.6 cm³/mol. The number of anilines is 1. The molecule has 0 saturated carbocycles. The average Bonchev–Trinajstić information content (AvgIpc) is 2.64. The molecule has 1 aliphatic rings. The maximum atomic E-state index is 12.9. The summed E-state index contributed by atoms with van der Waals surface area (Å²) in [5.41, 5.74) is 0.990. The molecule has 3 rings (SSSR count). The van der Waals surface area contributed by atoms with Gasteiger partial charge < -0.3 is 5.32 Å². The molecule has 25 heavy (non-hydrogen) atoms. The number of carbonyl (C=O) groups excluding carboxylic acids is 1. The SMILES string of the molecule is Cc1ccc(NC(=O)C2CCCCN2S(=O)(=O)c2ccccc2)nc1. The Morgan fingerprint density at radius 2 is 1.92 bits per heavy atom. The van der Waals surface area contributed by atoms with Crippen LogP contribution in [-0.2, 0) is 14.8 Å². The van der Waals surface area contributed by atoms with Gasteiger partial charge in [-0.15, -0.1) is 0 Å². The largest absolute Gasteiger partial charge is 0.309 e. The van der Waals surface area contributed by atoms with Gasteiger partial charge in [-0.1, -0.05) is 30.7 Å². The number of sulfonamides is 1. The molecule has 0 bridgehead atoms. The molecule has 1 saturated heterocycles. The van der Waals surface area contributed by atoms with Gasteiger partial charge in [0.25, 0.3) is 0 Å². The molecule has 2 heterocycles. The fourth-order valence-electron chi connectivity index (χ4n) is 2.93. The number of benzene rings is 1. The van der Waals surface area contributed by atoms with Crippen molar-refractivity contribution in [1.82, 2.24) is 9.29 Å². The smallest absolute Gasteiger partial charge is 0.243 e. The Balaban J connectivity index is 1.83. The quantitative estimate of drug-likeness (QED) is 0.910. The number of carbonyl (C=O) groups is 1. The topological polar surface area (TPSA) is 79.4 Å². The van der Waals surface area contributed by atoms with Gasteiger partial charge >= 0.3 is 0 Å². The molecule has 2 aromatic rings. The van der Waals surface area contributed by atoms with Crippen LogP contribution in [0.1, 0.15) is 24.8 Å². The van der Waals surface area contributed by atoms with Crippen molar-refractivity contribution in [3.05, 3.63) is 54.2 Å². The summed E-state index contributed by atoms with van der Waals surface area (Å²) in [6.07, 6.45) is 3.73. The Hall–Kier alpha value is -2.25. The van der Waals surface area contributed by atoms with Crippen molar-refractivity contribution in [3.63, 3.8) is 0 Å². The molecule has 1 aliphatic heterocycles. The molecule has 7 heteroatoms. The third kappa shape index (κ3) is 3.88. The number of hydrogen-bond donors (Lipinski definition) is 1. The van der Waals surface area contributed by atoms with Crippen LogP contribution < -0.4 is 5.32 Å². The zero-order chi connectivity index (χ0) is 17.9. The van der Waals surface area contributed by atoms with E-state index in [0.717, 1.165) is 18.4 Å². The molecule has 1 unspecified atom stereocenters. The number of pyridine rings is 1. The number of hydrogen-bond acceptors (Lipinski definition) is 4. The maximum Gasteiger partial charge on any atom is 0.243 e. The fraction of sp³-hybridized carbons (Fsp3) is 0.333. The minimum atomic E-state index is -3.70. The van der Waals surface area contributed by atoms with Gasteiger partial charge in [0.05, 0.1) is 4.90 Å². The van der Waals surface area contributed by atoms with E-state index in [0.29, 0.717) is 18.8 Å². The molecular formula is C18H21N3O3S. The van der Waals surface area contributed by atoms with Crippen molar-refractivity contribution in [2.75, 3.05) is 11.9 Å². The summed E-state index contributed by atoms with van der Waals surface area (Å²) in [6, 6.07) is 11.1. The van der Waals surface area contributed by atoms with Gasteiger partial charge in [-0.2, -0.15) is 4.31 Å². The zero-order valence-corrected chi connectivity index (χ0v) is 14.9. The van der Waals surface area contributed by atoms with E-state index in [9.17, 15) is 13.2 Å². The second-order valence-electron chi connectivity index (χ2n) is 6.15. The fourth-order valence-corrected chi connectivity index (χ4v) is 4.61. The number of rotatable bonds is 4. The van der Waals surface area contributed by atoms with E-state index in [2.05, 4.69) is 10.3 Å². The molecule has 0 spiro atoms. The summed E-state index contributed by atoms with van der Waals surface area (Å²) in [5, 5.41) is 2.74. The van der Waals surface area contributed by atoms with Gasteiger partial charge in [0.1, 0.15) is 11.9 Å². The summed E-state index contributed by atoms with van der Waals surface area (Å²) in [5.74, 6) is 0.0915. The van der Waals surface area contributed by atoms with E-state index in [1.807, 2.05) is 13.0 Å². The minimum Gasteiger partial charge on any atom is -0.309 e. The highest BCUT2D eigenvalue weighted by Crippen LogP contribution is 2.26. The molecule has 1 aromatic heterocycles. The van der Waals surface area contributed by atoms with Crippen LogP contribution in [0.3, 0.4) is 0 Å². The lowest BCUT2D eigenvalue weighted by Crippen LogP contribution is -2.49. The molecule has 1 atom stereocenters. The van der Waals surface area contributed by atoms with Crippen LogP contribution in [0.4, 0.5) is 5.82 Å². The predicted octanol–water partition coefficient (Wildman–Crippen LogP) is 2.57. The normalized spacial score (nSPS) is 18.7. The number of amides is 1. The highest BCUT2D eigenvalue weighted by molar-refractivity contribution is 7.89. The Bertz CT molecular complexity index is 836. The molecule has 6 nitrogen and oxygen atoms in total. The van der Waals surface area contributed by atoms with Crippen LogP contribution in [0.25, 0.3) is 0 Å².